The molecule has 0 heterocycles. The van der Waals surface area contributed by atoms with E-state index in [1.807, 2.05) is 13.2 Å². The van der Waals surface area contributed by atoms with Crippen LogP contribution in [0.5, 0.6) is 0 Å². The van der Waals surface area contributed by atoms with E-state index in [0.29, 0.717) is 0 Å². The van der Waals surface area contributed by atoms with Crippen LogP contribution in [0.4, 0.5) is 0 Å². The number of carbonyl (C=O) groups is 1. The number of carbonyl (C=O) groups excluding carboxylic acids is 1. The van der Waals surface area contributed by atoms with Gasteiger partial charge in [-0.15, -0.1) is 0 Å². The molecule has 0 radical (unpaired) electrons. The summed E-state index contributed by atoms with van der Waals surface area (Å²) in [6, 6.07) is -0.368. The first-order valence-corrected chi connectivity index (χ1v) is 9.13. The largest absolute Gasteiger partial charge is 0.382 e. The number of rotatable bonds is 10. The first-order chi connectivity index (χ1) is 9.63. The maximum atomic E-state index is 12.0. The molecule has 118 valence electrons. The van der Waals surface area contributed by atoms with Gasteiger partial charge >= 0.3 is 0 Å². The van der Waals surface area contributed by atoms with Crippen molar-refractivity contribution in [2.75, 3.05) is 31.8 Å². The van der Waals surface area contributed by atoms with Crippen LogP contribution in [0, 0.1) is 5.41 Å². The number of nitrogens with one attached hydrogen (secondary N) is 1. The number of thioether (sulfide) groups is 1. The van der Waals surface area contributed by atoms with E-state index in [9.17, 15) is 4.79 Å². The highest BCUT2D eigenvalue weighted by Gasteiger charge is 2.34. The first-order valence-electron chi connectivity index (χ1n) is 7.73. The van der Waals surface area contributed by atoms with Crippen LogP contribution in [-0.2, 0) is 9.53 Å². The van der Waals surface area contributed by atoms with Gasteiger partial charge in [0.1, 0.15) is 0 Å². The highest BCUT2D eigenvalue weighted by molar-refractivity contribution is 7.98. The van der Waals surface area contributed by atoms with E-state index in [4.69, 9.17) is 10.5 Å². The summed E-state index contributed by atoms with van der Waals surface area (Å²) in [4.78, 5) is 12.0. The molecule has 0 unspecified atom stereocenters. The Kier molecular flexibility index (Phi) is 8.57. The summed E-state index contributed by atoms with van der Waals surface area (Å²) in [7, 11) is 0. The summed E-state index contributed by atoms with van der Waals surface area (Å²) in [5, 5.41) is 3.07. The summed E-state index contributed by atoms with van der Waals surface area (Å²) < 4.78 is 5.49. The van der Waals surface area contributed by atoms with Crippen molar-refractivity contribution in [1.29, 1.82) is 0 Å². The van der Waals surface area contributed by atoms with Gasteiger partial charge in [-0.3, -0.25) is 4.79 Å². The fraction of sp³-hybridized carbons (Fsp3) is 0.933. The second-order valence-corrected chi connectivity index (χ2v) is 6.75. The normalized spacial score (nSPS) is 18.9. The summed E-state index contributed by atoms with van der Waals surface area (Å²) in [6.45, 7) is 4.34. The van der Waals surface area contributed by atoms with E-state index >= 15 is 0 Å². The Bertz CT molecular complexity index is 281. The third kappa shape index (κ3) is 6.02. The number of nitrogens with two attached hydrogens (primary N) is 1. The van der Waals surface area contributed by atoms with E-state index in [0.717, 1.165) is 38.4 Å². The SMILES string of the molecule is CCOCCC1(CNC(=O)[C@@H](N)CCSC)CCCC1. The fourth-order valence-corrected chi connectivity index (χ4v) is 3.34. The van der Waals surface area contributed by atoms with E-state index in [1.165, 1.54) is 25.7 Å². The highest BCUT2D eigenvalue weighted by Crippen LogP contribution is 2.40. The van der Waals surface area contributed by atoms with Crippen molar-refractivity contribution in [3.63, 3.8) is 0 Å². The minimum atomic E-state index is -0.368. The Balaban J connectivity index is 2.36. The molecule has 0 bridgehead atoms. The molecule has 0 aliphatic heterocycles. The van der Waals surface area contributed by atoms with Crippen LogP contribution in [0.1, 0.15) is 45.4 Å². The predicted molar refractivity (Wildman–Crippen MR) is 86.0 cm³/mol. The quantitative estimate of drug-likeness (QED) is 0.607. The number of hydrogen-bond acceptors (Lipinski definition) is 4. The van der Waals surface area contributed by atoms with Crippen LogP contribution in [-0.4, -0.2) is 43.7 Å². The molecule has 1 atom stereocenters. The lowest BCUT2D eigenvalue weighted by atomic mass is 9.83. The molecule has 0 aromatic rings. The topological polar surface area (TPSA) is 64.3 Å². The Labute approximate surface area is 127 Å². The lowest BCUT2D eigenvalue weighted by Crippen LogP contribution is -2.45. The highest BCUT2D eigenvalue weighted by atomic mass is 32.2. The Morgan fingerprint density at radius 1 is 1.45 bits per heavy atom. The molecule has 0 saturated heterocycles. The third-order valence-electron chi connectivity index (χ3n) is 4.25. The zero-order valence-corrected chi connectivity index (χ0v) is 13.8. The van der Waals surface area contributed by atoms with Gasteiger partial charge in [0.15, 0.2) is 0 Å². The molecule has 1 amide bonds. The molecule has 0 aromatic heterocycles. The smallest absolute Gasteiger partial charge is 0.236 e. The second-order valence-electron chi connectivity index (χ2n) is 5.76. The van der Waals surface area contributed by atoms with Crippen molar-refractivity contribution in [3.8, 4) is 0 Å². The van der Waals surface area contributed by atoms with Gasteiger partial charge in [0.2, 0.25) is 5.91 Å². The van der Waals surface area contributed by atoms with Crippen molar-refractivity contribution in [2.45, 2.75) is 51.5 Å². The Hall–Kier alpha value is -0.260. The molecule has 0 aromatic carbocycles. The van der Waals surface area contributed by atoms with E-state index in [1.54, 1.807) is 11.8 Å². The van der Waals surface area contributed by atoms with Gasteiger partial charge < -0.3 is 15.8 Å². The number of amides is 1. The zero-order chi connectivity index (χ0) is 14.8. The minimum Gasteiger partial charge on any atom is -0.382 e. The van der Waals surface area contributed by atoms with Gasteiger partial charge in [0.25, 0.3) is 0 Å². The zero-order valence-electron chi connectivity index (χ0n) is 13.0. The van der Waals surface area contributed by atoms with Crippen LogP contribution >= 0.6 is 11.8 Å². The van der Waals surface area contributed by atoms with E-state index in [2.05, 4.69) is 5.32 Å². The van der Waals surface area contributed by atoms with Crippen molar-refractivity contribution >= 4 is 17.7 Å². The Morgan fingerprint density at radius 2 is 2.15 bits per heavy atom. The molecule has 0 spiro atoms. The van der Waals surface area contributed by atoms with Crippen molar-refractivity contribution in [2.24, 2.45) is 11.1 Å². The molecule has 5 heteroatoms. The fourth-order valence-electron chi connectivity index (χ4n) is 2.85. The summed E-state index contributed by atoms with van der Waals surface area (Å²) in [5.74, 6) is 0.936. The summed E-state index contributed by atoms with van der Waals surface area (Å²) in [5.41, 5.74) is 6.14. The summed E-state index contributed by atoms with van der Waals surface area (Å²) >= 11 is 1.73. The molecule has 1 rings (SSSR count). The van der Waals surface area contributed by atoms with Crippen LogP contribution in [0.15, 0.2) is 0 Å². The van der Waals surface area contributed by atoms with Gasteiger partial charge in [-0.1, -0.05) is 12.8 Å². The second kappa shape index (κ2) is 9.64. The number of hydrogen-bond donors (Lipinski definition) is 2. The lowest BCUT2D eigenvalue weighted by molar-refractivity contribution is -0.123. The van der Waals surface area contributed by atoms with Crippen LogP contribution < -0.4 is 11.1 Å². The molecular formula is C15H30N2O2S. The van der Waals surface area contributed by atoms with Gasteiger partial charge in [0.05, 0.1) is 6.04 Å². The molecule has 3 N–H and O–H groups in total. The van der Waals surface area contributed by atoms with Gasteiger partial charge in [-0.05, 0) is 50.0 Å². The molecule has 1 aliphatic rings. The lowest BCUT2D eigenvalue weighted by Gasteiger charge is -2.29. The molecule has 4 nitrogen and oxygen atoms in total. The molecular weight excluding hydrogens is 272 g/mol. The predicted octanol–water partition coefficient (Wildman–Crippen LogP) is 2.17. The first kappa shape index (κ1) is 17.8. The average Bonchev–Trinajstić information content (AvgIpc) is 2.91. The molecule has 1 aliphatic carbocycles. The maximum absolute atomic E-state index is 12.0. The third-order valence-corrected chi connectivity index (χ3v) is 4.90. The molecule has 20 heavy (non-hydrogen) atoms. The standard InChI is InChI=1S/C15H30N2O2S/c1-3-19-10-9-15(7-4-5-8-15)12-17-14(18)13(16)6-11-20-2/h13H,3-12,16H2,1-2H3,(H,17,18)/t13-/m0/s1. The van der Waals surface area contributed by atoms with Crippen LogP contribution in [0.2, 0.25) is 0 Å². The minimum absolute atomic E-state index is 0.00161. The maximum Gasteiger partial charge on any atom is 0.236 e. The van der Waals surface area contributed by atoms with Gasteiger partial charge in [-0.25, -0.2) is 0 Å². The molecule has 1 saturated carbocycles. The van der Waals surface area contributed by atoms with Crippen molar-refractivity contribution in [3.05, 3.63) is 0 Å². The van der Waals surface area contributed by atoms with Gasteiger partial charge in [0, 0.05) is 19.8 Å². The van der Waals surface area contributed by atoms with Crippen LogP contribution in [0.3, 0.4) is 0 Å². The monoisotopic (exact) mass is 302 g/mol. The van der Waals surface area contributed by atoms with Crippen molar-refractivity contribution < 1.29 is 9.53 Å². The molecule has 1 fully saturated rings. The van der Waals surface area contributed by atoms with Gasteiger partial charge in [-0.2, -0.15) is 11.8 Å². The van der Waals surface area contributed by atoms with E-state index in [-0.39, 0.29) is 17.4 Å². The number of ether oxygens (including phenoxy) is 1. The average molecular weight is 302 g/mol. The summed E-state index contributed by atoms with van der Waals surface area (Å²) in [6.07, 6.45) is 8.74. The van der Waals surface area contributed by atoms with Crippen LogP contribution in [0.25, 0.3) is 0 Å². The van der Waals surface area contributed by atoms with Crippen molar-refractivity contribution in [1.82, 2.24) is 5.32 Å². The van der Waals surface area contributed by atoms with E-state index < -0.39 is 0 Å². The Morgan fingerprint density at radius 3 is 2.75 bits per heavy atom.